The van der Waals surface area contributed by atoms with Crippen LogP contribution in [-0.2, 0) is 0 Å². The second-order valence-corrected chi connectivity index (χ2v) is 4.21. The lowest BCUT2D eigenvalue weighted by atomic mass is 10.3. The monoisotopic (exact) mass is 200 g/mol. The maximum atomic E-state index is 8.63. The van der Waals surface area contributed by atoms with Crippen LogP contribution in [-0.4, -0.2) is 4.37 Å². The van der Waals surface area contributed by atoms with E-state index in [0.29, 0.717) is 10.6 Å². The fraction of sp³-hybridized carbons (Fsp3) is 0. The Labute approximate surface area is 75.5 Å². The molecule has 0 spiro atoms. The zero-order chi connectivity index (χ0) is 7.84. The minimum atomic E-state index is 0.572. The van der Waals surface area contributed by atoms with Gasteiger partial charge in [0.1, 0.15) is 11.8 Å². The summed E-state index contributed by atoms with van der Waals surface area (Å²) in [5, 5.41) is 9.26. The Hall–Kier alpha value is -0.630. The third-order valence-electron chi connectivity index (χ3n) is 1.33. The predicted octanol–water partition coefficient (Wildman–Crippen LogP) is 2.83. The zero-order valence-electron chi connectivity index (χ0n) is 5.17. The molecule has 0 aromatic heterocycles. The van der Waals surface area contributed by atoms with Crippen molar-refractivity contribution in [2.24, 2.45) is 0 Å². The van der Waals surface area contributed by atoms with Crippen molar-refractivity contribution in [3.63, 3.8) is 0 Å². The lowest BCUT2D eigenvalue weighted by Crippen LogP contribution is -1.70. The third-order valence-corrected chi connectivity index (χ3v) is 3.60. The van der Waals surface area contributed by atoms with Gasteiger partial charge in [0.15, 0.2) is 0 Å². The quantitative estimate of drug-likeness (QED) is 0.614. The van der Waals surface area contributed by atoms with Crippen LogP contribution in [0.1, 0.15) is 5.56 Å². The van der Waals surface area contributed by atoms with Crippen molar-refractivity contribution in [2.45, 2.75) is 0 Å². The van der Waals surface area contributed by atoms with E-state index in [1.807, 2.05) is 6.07 Å². The summed E-state index contributed by atoms with van der Waals surface area (Å²) >= 11 is 5.82. The van der Waals surface area contributed by atoms with Gasteiger partial charge in [0, 0.05) is 10.5 Å². The molecule has 0 aromatic rings. The van der Waals surface area contributed by atoms with Crippen LogP contribution in [0, 0.1) is 11.3 Å². The van der Waals surface area contributed by atoms with E-state index in [1.165, 1.54) is 20.9 Å². The van der Waals surface area contributed by atoms with Crippen molar-refractivity contribution < 1.29 is 0 Å². The van der Waals surface area contributed by atoms with Crippen molar-refractivity contribution in [1.82, 2.24) is 4.37 Å². The molecule has 0 amide bonds. The van der Waals surface area contributed by atoms with E-state index in [-0.39, 0.29) is 0 Å². The predicted molar refractivity (Wildman–Crippen MR) is 46.3 cm³/mol. The molecule has 11 heavy (non-hydrogen) atoms. The van der Waals surface area contributed by atoms with E-state index >= 15 is 0 Å². The molecule has 5 heteroatoms. The van der Waals surface area contributed by atoms with E-state index in [0.717, 1.165) is 10.6 Å². The minimum absolute atomic E-state index is 0.572. The van der Waals surface area contributed by atoms with E-state index in [1.54, 1.807) is 6.07 Å². The maximum absolute atomic E-state index is 8.63. The Bertz CT molecular complexity index is 397. The number of fused-ring (bicyclic) bond motifs is 1. The summed E-state index contributed by atoms with van der Waals surface area (Å²) < 4.78 is 4.06. The van der Waals surface area contributed by atoms with Crippen LogP contribution in [0.2, 0.25) is 5.02 Å². The van der Waals surface area contributed by atoms with Crippen LogP contribution in [0.25, 0.3) is 10.6 Å². The fourth-order valence-corrected chi connectivity index (χ4v) is 3.17. The first kappa shape index (κ1) is 7.04. The number of halogens is 1. The van der Waals surface area contributed by atoms with Crippen molar-refractivity contribution in [1.29, 1.82) is 5.26 Å². The van der Waals surface area contributed by atoms with E-state index in [9.17, 15) is 0 Å². The van der Waals surface area contributed by atoms with Gasteiger partial charge in [-0.15, -0.1) is 0 Å². The smallest absolute Gasteiger partial charge is 0.114 e. The first-order valence-electron chi connectivity index (χ1n) is 2.77. The molecule has 0 aromatic carbocycles. The number of hydrogen-bond donors (Lipinski definition) is 0. The Morgan fingerprint density at radius 2 is 2.45 bits per heavy atom. The summed E-state index contributed by atoms with van der Waals surface area (Å²) in [6.07, 6.45) is 0. The average Bonchev–Trinajstić information content (AvgIpc) is 2.54. The first-order chi connectivity index (χ1) is 5.33. The van der Waals surface area contributed by atoms with Gasteiger partial charge < -0.3 is 0 Å². The number of nitriles is 1. The van der Waals surface area contributed by atoms with E-state index < -0.39 is 0 Å². The highest BCUT2D eigenvalue weighted by atomic mass is 35.5. The van der Waals surface area contributed by atoms with Crippen LogP contribution in [0.5, 0.6) is 0 Å². The number of nitrogens with zero attached hydrogens (tertiary/aromatic N) is 2. The van der Waals surface area contributed by atoms with Crippen LogP contribution in [0.3, 0.4) is 0 Å². The summed E-state index contributed by atoms with van der Waals surface area (Å²) in [5.74, 6) is 0. The van der Waals surface area contributed by atoms with E-state index in [4.69, 9.17) is 16.9 Å². The highest BCUT2D eigenvalue weighted by Gasteiger charge is 2.17. The van der Waals surface area contributed by atoms with Crippen LogP contribution < -0.4 is 0 Å². The van der Waals surface area contributed by atoms with Crippen LogP contribution >= 0.6 is 32.5 Å². The highest BCUT2D eigenvalue weighted by molar-refractivity contribution is 7.68. The van der Waals surface area contributed by atoms with Gasteiger partial charge in [0.25, 0.3) is 0 Å². The molecule has 0 radical (unpaired) electrons. The van der Waals surface area contributed by atoms with Crippen molar-refractivity contribution in [3.8, 4) is 16.6 Å². The van der Waals surface area contributed by atoms with Gasteiger partial charge in [-0.05, 0) is 6.07 Å². The summed E-state index contributed by atoms with van der Waals surface area (Å²) in [4.78, 5) is 0.924. The Morgan fingerprint density at radius 1 is 1.64 bits per heavy atom. The number of aromatic nitrogens is 1. The Balaban J connectivity index is 2.78. The topological polar surface area (TPSA) is 36.7 Å². The van der Waals surface area contributed by atoms with Crippen molar-refractivity contribution >= 4 is 32.5 Å². The second kappa shape index (κ2) is 2.45. The summed E-state index contributed by atoms with van der Waals surface area (Å²) in [7, 11) is 2.86. The molecule has 0 saturated heterocycles. The largest absolute Gasteiger partial charge is 0.192 e. The number of hydrogen-bond acceptors (Lipinski definition) is 4. The second-order valence-electron chi connectivity index (χ2n) is 1.94. The molecule has 54 valence electrons. The zero-order valence-corrected chi connectivity index (χ0v) is 7.56. The molecule has 0 N–H and O–H groups in total. The van der Waals surface area contributed by atoms with Gasteiger partial charge >= 0.3 is 0 Å². The number of rotatable bonds is 0. The van der Waals surface area contributed by atoms with Gasteiger partial charge in [-0.2, -0.15) is 9.64 Å². The molecular weight excluding hydrogens is 200 g/mol. The SMILES string of the molecule is N#Cc1cc(Cl)c2ssnc1-2. The maximum Gasteiger partial charge on any atom is 0.114 e. The first-order valence-corrected chi connectivity index (χ1v) is 5.25. The van der Waals surface area contributed by atoms with Gasteiger partial charge in [-0.25, -0.2) is 0 Å². The molecule has 1 aliphatic carbocycles. The van der Waals surface area contributed by atoms with E-state index in [2.05, 4.69) is 4.37 Å². The Morgan fingerprint density at radius 3 is 3.18 bits per heavy atom. The molecule has 0 saturated carbocycles. The third kappa shape index (κ3) is 0.932. The molecule has 1 heterocycles. The van der Waals surface area contributed by atoms with Crippen molar-refractivity contribution in [2.75, 3.05) is 0 Å². The fourth-order valence-electron chi connectivity index (χ4n) is 0.844. The average molecular weight is 201 g/mol. The standard InChI is InChI=1S/C6HClN2S2/c7-4-1-3(2-8)5-6(4)10-11-9-5/h1H. The molecule has 2 nitrogen and oxygen atoms in total. The molecule has 2 aliphatic rings. The van der Waals surface area contributed by atoms with Crippen LogP contribution in [0.15, 0.2) is 6.07 Å². The van der Waals surface area contributed by atoms with Crippen LogP contribution in [0.4, 0.5) is 0 Å². The molecule has 0 bridgehead atoms. The summed E-state index contributed by atoms with van der Waals surface area (Å²) in [6, 6.07) is 3.70. The lowest BCUT2D eigenvalue weighted by molar-refractivity contribution is 1.48. The molecule has 1 aliphatic heterocycles. The lowest BCUT2D eigenvalue weighted by Gasteiger charge is -1.81. The summed E-state index contributed by atoms with van der Waals surface area (Å²) in [5.41, 5.74) is 1.31. The normalized spacial score (nSPS) is 10.2. The summed E-state index contributed by atoms with van der Waals surface area (Å²) in [6.45, 7) is 0. The van der Waals surface area contributed by atoms with Crippen molar-refractivity contribution in [3.05, 3.63) is 16.7 Å². The van der Waals surface area contributed by atoms with Gasteiger partial charge in [0.05, 0.1) is 15.5 Å². The highest BCUT2D eigenvalue weighted by Crippen LogP contribution is 2.39. The molecular formula is C6HClN2S2. The van der Waals surface area contributed by atoms with Gasteiger partial charge in [0.2, 0.25) is 0 Å². The minimum Gasteiger partial charge on any atom is -0.192 e. The molecule has 0 fully saturated rings. The van der Waals surface area contributed by atoms with Gasteiger partial charge in [-0.1, -0.05) is 21.9 Å². The molecule has 0 unspecified atom stereocenters. The van der Waals surface area contributed by atoms with Gasteiger partial charge in [-0.3, -0.25) is 0 Å². The molecule has 2 rings (SSSR count). The molecule has 0 atom stereocenters. The Kier molecular flexibility index (Phi) is 1.57.